The molecule has 1 aromatic heterocycles. The number of H-pyrrole nitrogens is 1. The number of aliphatic hydroxyl groups excluding tert-OH is 1. The molecule has 0 aliphatic carbocycles. The third-order valence-corrected chi connectivity index (χ3v) is 2.94. The first-order chi connectivity index (χ1) is 9.17. The average Bonchev–Trinajstić information content (AvgIpc) is 2.87. The summed E-state index contributed by atoms with van der Waals surface area (Å²) in [7, 11) is 1.35. The number of fused-ring (bicyclic) bond motifs is 1. The lowest BCUT2D eigenvalue weighted by Gasteiger charge is -2.07. The van der Waals surface area contributed by atoms with Crippen molar-refractivity contribution >= 4 is 16.9 Å². The molecule has 1 aromatic carbocycles. The van der Waals surface area contributed by atoms with E-state index < -0.39 is 5.97 Å². The Kier molecular flexibility index (Phi) is 4.06. The number of aryl methyl sites for hydroxylation is 1. The first kappa shape index (κ1) is 13.4. The van der Waals surface area contributed by atoms with Gasteiger partial charge in [-0.25, -0.2) is 4.79 Å². The van der Waals surface area contributed by atoms with E-state index in [1.807, 2.05) is 19.1 Å². The van der Waals surface area contributed by atoms with Gasteiger partial charge in [0, 0.05) is 18.4 Å². The highest BCUT2D eigenvalue weighted by molar-refractivity contribution is 5.98. The van der Waals surface area contributed by atoms with E-state index in [-0.39, 0.29) is 6.61 Å². The van der Waals surface area contributed by atoms with Crippen molar-refractivity contribution in [1.82, 2.24) is 4.98 Å². The number of methoxy groups -OCH3 is 1. The van der Waals surface area contributed by atoms with Gasteiger partial charge >= 0.3 is 5.97 Å². The fourth-order valence-electron chi connectivity index (χ4n) is 1.92. The zero-order valence-corrected chi connectivity index (χ0v) is 11.0. The van der Waals surface area contributed by atoms with Crippen LogP contribution in [0.15, 0.2) is 18.2 Å². The highest BCUT2D eigenvalue weighted by Crippen LogP contribution is 2.29. The van der Waals surface area contributed by atoms with Gasteiger partial charge in [0.2, 0.25) is 0 Å². The highest BCUT2D eigenvalue weighted by Gasteiger charge is 2.13. The summed E-state index contributed by atoms with van der Waals surface area (Å²) in [5.74, 6) is 0.265. The van der Waals surface area contributed by atoms with E-state index in [9.17, 15) is 4.79 Å². The molecule has 0 saturated carbocycles. The Balaban J connectivity index is 2.39. The molecule has 0 aliphatic heterocycles. The number of hydrogen-bond donors (Lipinski definition) is 2. The van der Waals surface area contributed by atoms with Crippen LogP contribution in [0.2, 0.25) is 0 Å². The summed E-state index contributed by atoms with van der Waals surface area (Å²) in [6, 6.07) is 5.55. The second-order valence-electron chi connectivity index (χ2n) is 4.27. The van der Waals surface area contributed by atoms with Crippen molar-refractivity contribution in [3.8, 4) is 5.75 Å². The van der Waals surface area contributed by atoms with Crippen LogP contribution in [-0.2, 0) is 4.74 Å². The summed E-state index contributed by atoms with van der Waals surface area (Å²) < 4.78 is 10.3. The summed E-state index contributed by atoms with van der Waals surface area (Å²) in [6.45, 7) is 2.49. The van der Waals surface area contributed by atoms with Gasteiger partial charge in [-0.3, -0.25) is 0 Å². The smallest absolute Gasteiger partial charge is 0.354 e. The van der Waals surface area contributed by atoms with Gasteiger partial charge < -0.3 is 19.6 Å². The molecule has 0 aliphatic rings. The van der Waals surface area contributed by atoms with E-state index in [0.717, 1.165) is 16.5 Å². The van der Waals surface area contributed by atoms with Crippen LogP contribution in [0.5, 0.6) is 5.75 Å². The maximum Gasteiger partial charge on any atom is 0.354 e. The van der Waals surface area contributed by atoms with Crippen LogP contribution < -0.4 is 4.74 Å². The van der Waals surface area contributed by atoms with Crippen molar-refractivity contribution in [2.24, 2.45) is 0 Å². The monoisotopic (exact) mass is 263 g/mol. The molecule has 0 saturated heterocycles. The molecule has 5 nitrogen and oxygen atoms in total. The third kappa shape index (κ3) is 2.71. The fourth-order valence-corrected chi connectivity index (χ4v) is 1.92. The zero-order valence-electron chi connectivity index (χ0n) is 11.0. The van der Waals surface area contributed by atoms with Crippen molar-refractivity contribution in [3.05, 3.63) is 29.5 Å². The van der Waals surface area contributed by atoms with Gasteiger partial charge in [0.25, 0.3) is 0 Å². The molecule has 0 amide bonds. The standard InChI is InChI=1S/C14H17NO4/c1-9-4-5-12(19-7-3-6-16)13-10(9)8-11(15-13)14(17)18-2/h4-5,8,15-16H,3,6-7H2,1-2H3. The van der Waals surface area contributed by atoms with E-state index >= 15 is 0 Å². The summed E-state index contributed by atoms with van der Waals surface area (Å²) in [4.78, 5) is 14.6. The number of nitrogens with one attached hydrogen (secondary N) is 1. The predicted octanol–water partition coefficient (Wildman–Crippen LogP) is 2.02. The summed E-state index contributed by atoms with van der Waals surface area (Å²) in [6.07, 6.45) is 0.569. The molecule has 2 N–H and O–H groups in total. The number of carbonyl (C=O) groups is 1. The van der Waals surface area contributed by atoms with Crippen molar-refractivity contribution in [2.45, 2.75) is 13.3 Å². The van der Waals surface area contributed by atoms with Crippen molar-refractivity contribution in [2.75, 3.05) is 20.3 Å². The SMILES string of the molecule is COC(=O)c1cc2c(C)ccc(OCCCO)c2[nH]1. The molecule has 1 heterocycles. The quantitative estimate of drug-likeness (QED) is 0.639. The first-order valence-electron chi connectivity index (χ1n) is 6.11. The Morgan fingerprint density at radius 1 is 1.42 bits per heavy atom. The summed E-state index contributed by atoms with van der Waals surface area (Å²) in [5, 5.41) is 9.69. The molecule has 19 heavy (non-hydrogen) atoms. The molecular weight excluding hydrogens is 246 g/mol. The lowest BCUT2D eigenvalue weighted by molar-refractivity contribution is 0.0595. The van der Waals surface area contributed by atoms with Gasteiger partial charge in [-0.1, -0.05) is 6.07 Å². The molecule has 0 unspecified atom stereocenters. The molecule has 5 heteroatoms. The van der Waals surface area contributed by atoms with E-state index in [2.05, 4.69) is 4.98 Å². The van der Waals surface area contributed by atoms with Crippen LogP contribution >= 0.6 is 0 Å². The molecule has 0 fully saturated rings. The maximum absolute atomic E-state index is 11.5. The first-order valence-corrected chi connectivity index (χ1v) is 6.11. The van der Waals surface area contributed by atoms with Gasteiger partial charge in [0.15, 0.2) is 0 Å². The van der Waals surface area contributed by atoms with Crippen LogP contribution in [0, 0.1) is 6.92 Å². The fraction of sp³-hybridized carbons (Fsp3) is 0.357. The van der Waals surface area contributed by atoms with Gasteiger partial charge in [-0.15, -0.1) is 0 Å². The second-order valence-corrected chi connectivity index (χ2v) is 4.27. The van der Waals surface area contributed by atoms with E-state index in [1.165, 1.54) is 7.11 Å². The largest absolute Gasteiger partial charge is 0.491 e. The molecule has 0 radical (unpaired) electrons. The number of hydrogen-bond acceptors (Lipinski definition) is 4. The number of rotatable bonds is 5. The number of aliphatic hydroxyl groups is 1. The van der Waals surface area contributed by atoms with Crippen LogP contribution in [0.1, 0.15) is 22.5 Å². The van der Waals surface area contributed by atoms with Crippen LogP contribution in [0.3, 0.4) is 0 Å². The van der Waals surface area contributed by atoms with Gasteiger partial charge in [-0.05, 0) is 24.6 Å². The Morgan fingerprint density at radius 2 is 2.21 bits per heavy atom. The van der Waals surface area contributed by atoms with Crippen LogP contribution in [0.4, 0.5) is 0 Å². The molecule has 0 atom stereocenters. The zero-order chi connectivity index (χ0) is 13.8. The minimum absolute atomic E-state index is 0.0904. The highest BCUT2D eigenvalue weighted by atomic mass is 16.5. The number of carbonyl (C=O) groups excluding carboxylic acids is 1. The maximum atomic E-state index is 11.5. The molecule has 0 bridgehead atoms. The molecular formula is C14H17NO4. The van der Waals surface area contributed by atoms with Gasteiger partial charge in [0.05, 0.1) is 19.2 Å². The Bertz CT molecular complexity index is 588. The molecule has 102 valence electrons. The molecule has 2 rings (SSSR count). The van der Waals surface area contributed by atoms with Gasteiger partial charge in [-0.2, -0.15) is 0 Å². The number of ether oxygens (including phenoxy) is 2. The normalized spacial score (nSPS) is 10.7. The Hall–Kier alpha value is -2.01. The van der Waals surface area contributed by atoms with Crippen LogP contribution in [-0.4, -0.2) is 36.4 Å². The lowest BCUT2D eigenvalue weighted by atomic mass is 10.1. The van der Waals surface area contributed by atoms with Crippen molar-refractivity contribution in [3.63, 3.8) is 0 Å². The van der Waals surface area contributed by atoms with E-state index in [1.54, 1.807) is 6.07 Å². The topological polar surface area (TPSA) is 71.6 Å². The minimum atomic E-state index is -0.406. The molecule has 0 spiro atoms. The van der Waals surface area contributed by atoms with Crippen LogP contribution in [0.25, 0.3) is 10.9 Å². The number of aromatic amines is 1. The average molecular weight is 263 g/mol. The Morgan fingerprint density at radius 3 is 2.89 bits per heavy atom. The van der Waals surface area contributed by atoms with Gasteiger partial charge in [0.1, 0.15) is 11.4 Å². The number of esters is 1. The van der Waals surface area contributed by atoms with E-state index in [4.69, 9.17) is 14.6 Å². The number of benzene rings is 1. The summed E-state index contributed by atoms with van der Waals surface area (Å²) in [5.41, 5.74) is 2.23. The van der Waals surface area contributed by atoms with Crippen molar-refractivity contribution < 1.29 is 19.4 Å². The minimum Gasteiger partial charge on any atom is -0.491 e. The summed E-state index contributed by atoms with van der Waals surface area (Å²) >= 11 is 0. The second kappa shape index (κ2) is 5.75. The number of aromatic nitrogens is 1. The molecule has 2 aromatic rings. The Labute approximate surface area is 111 Å². The van der Waals surface area contributed by atoms with E-state index in [0.29, 0.717) is 24.5 Å². The lowest BCUT2D eigenvalue weighted by Crippen LogP contribution is -2.01. The predicted molar refractivity (Wildman–Crippen MR) is 71.6 cm³/mol. The van der Waals surface area contributed by atoms with Crippen molar-refractivity contribution in [1.29, 1.82) is 0 Å². The third-order valence-electron chi connectivity index (χ3n) is 2.94.